The maximum absolute atomic E-state index is 9.09. The van der Waals surface area contributed by atoms with E-state index in [4.69, 9.17) is 26.3 Å². The Labute approximate surface area is 97.2 Å². The van der Waals surface area contributed by atoms with Crippen LogP contribution in [-0.2, 0) is 0 Å². The predicted molar refractivity (Wildman–Crippen MR) is 52.5 cm³/mol. The van der Waals surface area contributed by atoms with Gasteiger partial charge < -0.3 is 0 Å². The summed E-state index contributed by atoms with van der Waals surface area (Å²) < 4.78 is -0.776. The molecule has 7 nitrogen and oxygen atoms in total. The van der Waals surface area contributed by atoms with Gasteiger partial charge in [-0.3, -0.25) is 0 Å². The zero-order chi connectivity index (χ0) is 13.1. The summed E-state index contributed by atoms with van der Waals surface area (Å²) in [5.41, 5.74) is -0.785. The van der Waals surface area contributed by atoms with Gasteiger partial charge in [-0.1, -0.05) is 0 Å². The third-order valence-corrected chi connectivity index (χ3v) is 2.35. The van der Waals surface area contributed by atoms with Crippen molar-refractivity contribution in [3.05, 3.63) is 11.4 Å². The molecule has 0 aromatic heterocycles. The van der Waals surface area contributed by atoms with Gasteiger partial charge in [0, 0.05) is 0 Å². The normalized spacial score (nSPS) is 26.6. The molecule has 7 heteroatoms. The molecule has 17 heavy (non-hydrogen) atoms. The highest BCUT2D eigenvalue weighted by Crippen LogP contribution is 2.27. The summed E-state index contributed by atoms with van der Waals surface area (Å²) in [5.74, 6) is 0. The van der Waals surface area contributed by atoms with Crippen LogP contribution in [0.3, 0.4) is 0 Å². The fourth-order valence-electron chi connectivity index (χ4n) is 1.43. The van der Waals surface area contributed by atoms with Crippen LogP contribution in [0, 0.1) is 56.8 Å². The molecule has 1 aliphatic heterocycles. The van der Waals surface area contributed by atoms with Crippen LogP contribution >= 0.6 is 0 Å². The van der Waals surface area contributed by atoms with E-state index < -0.39 is 10.5 Å². The summed E-state index contributed by atoms with van der Waals surface area (Å²) >= 11 is 0. The van der Waals surface area contributed by atoms with Crippen LogP contribution in [0.2, 0.25) is 0 Å². The van der Waals surface area contributed by atoms with E-state index in [1.165, 1.54) is 7.05 Å². The minimum atomic E-state index is -1.20. The highest BCUT2D eigenvalue weighted by Gasteiger charge is 2.47. The lowest BCUT2D eigenvalue weighted by molar-refractivity contribution is -0.810. The predicted octanol–water partition coefficient (Wildman–Crippen LogP) is 0.0432. The lowest BCUT2D eigenvalue weighted by Gasteiger charge is -2.28. The SMILES string of the molecule is C[N+]1(C#N)C(C#N)=C(C#N)N=C(C#N)C1C#N. The Morgan fingerprint density at radius 3 is 2.06 bits per heavy atom. The first-order chi connectivity index (χ1) is 8.08. The fourth-order valence-corrected chi connectivity index (χ4v) is 1.43. The summed E-state index contributed by atoms with van der Waals surface area (Å²) in [6, 6.07) is 5.57. The van der Waals surface area contributed by atoms with E-state index in [1.807, 2.05) is 0 Å². The van der Waals surface area contributed by atoms with Crippen LogP contribution in [0.4, 0.5) is 0 Å². The standard InChI is InChI=1S/C10H4N7/c1-17(6-15)9(4-13)7(2-11)16-8(3-12)10(17)5-14/h9H,1H3/q+1. The molecule has 0 spiro atoms. The third kappa shape index (κ3) is 1.48. The van der Waals surface area contributed by atoms with Crippen molar-refractivity contribution < 1.29 is 4.48 Å². The Hall–Kier alpha value is -3.18. The largest absolute Gasteiger partial charge is 0.316 e. The van der Waals surface area contributed by atoms with Crippen LogP contribution in [0.1, 0.15) is 0 Å². The van der Waals surface area contributed by atoms with Crippen LogP contribution in [0.25, 0.3) is 0 Å². The molecule has 1 aliphatic rings. The van der Waals surface area contributed by atoms with Gasteiger partial charge in [-0.05, 0) is 0 Å². The van der Waals surface area contributed by atoms with Gasteiger partial charge in [0.2, 0.25) is 11.7 Å². The van der Waals surface area contributed by atoms with E-state index in [-0.39, 0.29) is 17.1 Å². The topological polar surface area (TPSA) is 131 Å². The molecule has 0 amide bonds. The second-order valence-electron chi connectivity index (χ2n) is 3.24. The number of nitrogens with zero attached hydrogens (tertiary/aromatic N) is 7. The minimum Gasteiger partial charge on any atom is -0.217 e. The zero-order valence-corrected chi connectivity index (χ0v) is 8.71. The molecule has 0 bridgehead atoms. The maximum Gasteiger partial charge on any atom is 0.316 e. The molecule has 0 saturated carbocycles. The van der Waals surface area contributed by atoms with Crippen LogP contribution in [0.15, 0.2) is 16.4 Å². The summed E-state index contributed by atoms with van der Waals surface area (Å²) in [5, 5.41) is 44.6. The second kappa shape index (κ2) is 4.13. The van der Waals surface area contributed by atoms with Crippen molar-refractivity contribution in [3.63, 3.8) is 0 Å². The van der Waals surface area contributed by atoms with Gasteiger partial charge in [-0.25, -0.2) is 4.99 Å². The Morgan fingerprint density at radius 1 is 1.06 bits per heavy atom. The number of quaternary nitrogens is 1. The van der Waals surface area contributed by atoms with E-state index in [2.05, 4.69) is 4.99 Å². The van der Waals surface area contributed by atoms with Crippen molar-refractivity contribution >= 4 is 5.71 Å². The average Bonchev–Trinajstić information content (AvgIpc) is 2.36. The number of nitriles is 5. The van der Waals surface area contributed by atoms with Gasteiger partial charge in [-0.2, -0.15) is 25.5 Å². The van der Waals surface area contributed by atoms with Crippen molar-refractivity contribution in [2.45, 2.75) is 6.04 Å². The molecule has 1 heterocycles. The molecule has 0 aromatic carbocycles. The number of aliphatic imine (C=N–C) groups is 1. The van der Waals surface area contributed by atoms with Crippen molar-refractivity contribution in [1.82, 2.24) is 0 Å². The minimum absolute atomic E-state index is 0.236. The fraction of sp³-hybridized carbons (Fsp3) is 0.200. The molecule has 0 N–H and O–H groups in total. The second-order valence-corrected chi connectivity index (χ2v) is 3.24. The lowest BCUT2D eigenvalue weighted by Crippen LogP contribution is -2.52. The molecule has 0 saturated heterocycles. The van der Waals surface area contributed by atoms with Gasteiger partial charge in [0.1, 0.15) is 18.2 Å². The Kier molecular flexibility index (Phi) is 2.89. The molecular formula is C10H4N7+. The molecule has 2 atom stereocenters. The van der Waals surface area contributed by atoms with Gasteiger partial charge in [0.25, 0.3) is 5.70 Å². The lowest BCUT2D eigenvalue weighted by atomic mass is 10.1. The summed E-state index contributed by atoms with van der Waals surface area (Å²) in [7, 11) is 1.29. The average molecular weight is 222 g/mol. The first kappa shape index (κ1) is 11.9. The number of hydrogen-bond donors (Lipinski definition) is 0. The molecular weight excluding hydrogens is 218 g/mol. The van der Waals surface area contributed by atoms with Crippen molar-refractivity contribution in [3.8, 4) is 30.5 Å². The van der Waals surface area contributed by atoms with E-state index in [0.717, 1.165) is 0 Å². The Balaban J connectivity index is 3.70. The third-order valence-electron chi connectivity index (χ3n) is 2.35. The van der Waals surface area contributed by atoms with Crippen molar-refractivity contribution in [2.24, 2.45) is 4.99 Å². The maximum atomic E-state index is 9.09. The Morgan fingerprint density at radius 2 is 1.71 bits per heavy atom. The quantitative estimate of drug-likeness (QED) is 0.421. The smallest absolute Gasteiger partial charge is 0.217 e. The molecule has 0 fully saturated rings. The highest BCUT2D eigenvalue weighted by molar-refractivity contribution is 6.05. The molecule has 2 unspecified atom stereocenters. The summed E-state index contributed by atoms with van der Waals surface area (Å²) in [6.45, 7) is 0. The summed E-state index contributed by atoms with van der Waals surface area (Å²) in [4.78, 5) is 3.63. The first-order valence-electron chi connectivity index (χ1n) is 4.30. The number of hydrogen-bond acceptors (Lipinski definition) is 6. The molecule has 1 rings (SSSR count). The van der Waals surface area contributed by atoms with Gasteiger partial charge >= 0.3 is 6.19 Å². The van der Waals surface area contributed by atoms with E-state index in [1.54, 1.807) is 30.5 Å². The van der Waals surface area contributed by atoms with Gasteiger partial charge in [-0.15, -0.1) is 5.26 Å². The monoisotopic (exact) mass is 222 g/mol. The van der Waals surface area contributed by atoms with Crippen LogP contribution < -0.4 is 0 Å². The number of allylic oxidation sites excluding steroid dienone is 2. The van der Waals surface area contributed by atoms with E-state index >= 15 is 0 Å². The molecule has 78 valence electrons. The Bertz CT molecular complexity index is 635. The highest BCUT2D eigenvalue weighted by atomic mass is 15.4. The molecule has 0 radical (unpaired) electrons. The number of rotatable bonds is 0. The van der Waals surface area contributed by atoms with Crippen LogP contribution in [0.5, 0.6) is 0 Å². The van der Waals surface area contributed by atoms with E-state index in [9.17, 15) is 0 Å². The van der Waals surface area contributed by atoms with Crippen molar-refractivity contribution in [2.75, 3.05) is 7.05 Å². The van der Waals surface area contributed by atoms with E-state index in [0.29, 0.717) is 0 Å². The first-order valence-corrected chi connectivity index (χ1v) is 4.30. The molecule has 0 aromatic rings. The zero-order valence-electron chi connectivity index (χ0n) is 8.71. The summed E-state index contributed by atoms with van der Waals surface area (Å²) in [6.07, 6.45) is 1.76. The van der Waals surface area contributed by atoms with Gasteiger partial charge in [0.15, 0.2) is 11.8 Å². The van der Waals surface area contributed by atoms with Crippen molar-refractivity contribution in [1.29, 1.82) is 26.3 Å². The van der Waals surface area contributed by atoms with Crippen LogP contribution in [-0.4, -0.2) is 23.3 Å². The van der Waals surface area contributed by atoms with Gasteiger partial charge in [0.05, 0.1) is 7.05 Å². The molecule has 0 aliphatic carbocycles.